The van der Waals surface area contributed by atoms with Crippen LogP contribution in [0.1, 0.15) is 19.4 Å². The summed E-state index contributed by atoms with van der Waals surface area (Å²) in [4.78, 5) is 3.22. The number of aromatic nitrogens is 1. The van der Waals surface area contributed by atoms with Crippen LogP contribution in [0.2, 0.25) is 0 Å². The summed E-state index contributed by atoms with van der Waals surface area (Å²) in [7, 11) is 0. The Morgan fingerprint density at radius 1 is 0.929 bits per heavy atom. The van der Waals surface area contributed by atoms with Crippen molar-refractivity contribution in [3.05, 3.63) is 78.5 Å². The molecule has 0 aliphatic carbocycles. The molecular formula is C24H23N3O. The molecule has 4 rings (SSSR count). The average Bonchev–Trinajstić information content (AvgIpc) is 3.17. The molecule has 140 valence electrons. The second kappa shape index (κ2) is 7.61. The van der Waals surface area contributed by atoms with E-state index >= 15 is 0 Å². The number of H-pyrrole nitrogens is 1. The zero-order valence-electron chi connectivity index (χ0n) is 16.0. The first kappa shape index (κ1) is 17.9. The Morgan fingerprint density at radius 2 is 1.68 bits per heavy atom. The summed E-state index contributed by atoms with van der Waals surface area (Å²) in [6, 6.07) is 22.5. The van der Waals surface area contributed by atoms with Gasteiger partial charge in [-0.15, -0.1) is 0 Å². The number of aromatic amines is 1. The van der Waals surface area contributed by atoms with Gasteiger partial charge in [0.05, 0.1) is 6.10 Å². The highest BCUT2D eigenvalue weighted by molar-refractivity contribution is 5.91. The lowest BCUT2D eigenvalue weighted by Crippen LogP contribution is -2.05. The smallest absolute Gasteiger partial charge is 0.119 e. The van der Waals surface area contributed by atoms with Crippen molar-refractivity contribution in [1.82, 2.24) is 4.98 Å². The highest BCUT2D eigenvalue weighted by Crippen LogP contribution is 2.30. The first-order chi connectivity index (χ1) is 13.6. The van der Waals surface area contributed by atoms with Crippen LogP contribution in [0.5, 0.6) is 5.75 Å². The summed E-state index contributed by atoms with van der Waals surface area (Å²) in [5.74, 6) is 0.849. The molecule has 0 saturated heterocycles. The van der Waals surface area contributed by atoms with Gasteiger partial charge >= 0.3 is 0 Å². The molecule has 4 heteroatoms. The topological polar surface area (TPSA) is 60.9 Å². The Labute approximate surface area is 164 Å². The summed E-state index contributed by atoms with van der Waals surface area (Å²) in [5.41, 5.74) is 6.08. The van der Waals surface area contributed by atoms with Crippen LogP contribution < -0.4 is 10.1 Å². The maximum Gasteiger partial charge on any atom is 0.119 e. The minimum absolute atomic E-state index is 0.150. The van der Waals surface area contributed by atoms with Crippen LogP contribution in [0.3, 0.4) is 0 Å². The first-order valence-electron chi connectivity index (χ1n) is 9.38. The SMILES string of the molecule is CC(C)Oc1ccc(Nc2cc(-c3ccc4[nH]ccc4c3)ccc2C=N)cc1. The summed E-state index contributed by atoms with van der Waals surface area (Å²) < 4.78 is 5.70. The second-order valence-corrected chi connectivity index (χ2v) is 7.04. The zero-order chi connectivity index (χ0) is 19.5. The molecule has 0 aliphatic rings. The third-order valence-electron chi connectivity index (χ3n) is 4.60. The highest BCUT2D eigenvalue weighted by atomic mass is 16.5. The fraction of sp³-hybridized carbons (Fsp3) is 0.125. The van der Waals surface area contributed by atoms with Crippen molar-refractivity contribution < 1.29 is 4.74 Å². The predicted molar refractivity (Wildman–Crippen MR) is 117 cm³/mol. The average molecular weight is 369 g/mol. The number of rotatable bonds is 6. The molecule has 28 heavy (non-hydrogen) atoms. The van der Waals surface area contributed by atoms with Gasteiger partial charge in [-0.2, -0.15) is 0 Å². The van der Waals surface area contributed by atoms with Crippen LogP contribution >= 0.6 is 0 Å². The van der Waals surface area contributed by atoms with Gasteiger partial charge in [-0.1, -0.05) is 18.2 Å². The molecule has 3 aromatic carbocycles. The van der Waals surface area contributed by atoms with E-state index in [1.807, 2.05) is 50.4 Å². The second-order valence-electron chi connectivity index (χ2n) is 7.04. The molecule has 4 aromatic rings. The van der Waals surface area contributed by atoms with E-state index in [4.69, 9.17) is 10.1 Å². The fourth-order valence-electron chi connectivity index (χ4n) is 3.25. The van der Waals surface area contributed by atoms with Gasteiger partial charge in [0.1, 0.15) is 5.75 Å². The van der Waals surface area contributed by atoms with E-state index in [9.17, 15) is 0 Å². The Bertz CT molecular complexity index is 1110. The summed E-state index contributed by atoms with van der Waals surface area (Å²) in [6.45, 7) is 4.03. The van der Waals surface area contributed by atoms with E-state index in [0.29, 0.717) is 0 Å². The summed E-state index contributed by atoms with van der Waals surface area (Å²) in [5, 5.41) is 12.4. The van der Waals surface area contributed by atoms with Gasteiger partial charge in [-0.25, -0.2) is 0 Å². The van der Waals surface area contributed by atoms with Gasteiger partial charge in [0, 0.05) is 34.9 Å². The predicted octanol–water partition coefficient (Wildman–Crippen LogP) is 6.36. The van der Waals surface area contributed by atoms with Gasteiger partial charge in [0.2, 0.25) is 0 Å². The monoisotopic (exact) mass is 369 g/mol. The van der Waals surface area contributed by atoms with Crippen LogP contribution in [-0.4, -0.2) is 17.3 Å². The molecule has 0 unspecified atom stereocenters. The Morgan fingerprint density at radius 3 is 2.43 bits per heavy atom. The van der Waals surface area contributed by atoms with Crippen molar-refractivity contribution in [2.24, 2.45) is 0 Å². The number of benzene rings is 3. The Hall–Kier alpha value is -3.53. The van der Waals surface area contributed by atoms with Gasteiger partial charge in [0.15, 0.2) is 0 Å². The number of ether oxygens (including phenoxy) is 1. The third kappa shape index (κ3) is 3.76. The standard InChI is InChI=1S/C24H23N3O/c1-16(2)28-22-8-6-21(7-9-22)27-24-14-18(3-4-20(24)15-25)17-5-10-23-19(13-17)11-12-26-23/h3-16,25-27H,1-2H3. The fourth-order valence-corrected chi connectivity index (χ4v) is 3.25. The van der Waals surface area contributed by atoms with E-state index in [1.165, 1.54) is 11.6 Å². The van der Waals surface area contributed by atoms with Gasteiger partial charge in [-0.05, 0) is 78.9 Å². The minimum Gasteiger partial charge on any atom is -0.491 e. The molecule has 0 aliphatic heterocycles. The number of nitrogens with one attached hydrogen (secondary N) is 3. The Balaban J connectivity index is 1.64. The Kier molecular flexibility index (Phi) is 4.85. The summed E-state index contributed by atoms with van der Waals surface area (Å²) in [6.07, 6.45) is 3.47. The van der Waals surface area contributed by atoms with Gasteiger partial charge in [0.25, 0.3) is 0 Å². The molecule has 0 radical (unpaired) electrons. The lowest BCUT2D eigenvalue weighted by molar-refractivity contribution is 0.242. The molecule has 4 nitrogen and oxygen atoms in total. The molecule has 0 atom stereocenters. The van der Waals surface area contributed by atoms with Crippen molar-refractivity contribution in [3.8, 4) is 16.9 Å². The molecule has 0 spiro atoms. The van der Waals surface area contributed by atoms with Crippen LogP contribution in [0.25, 0.3) is 22.0 Å². The molecule has 0 fully saturated rings. The molecule has 3 N–H and O–H groups in total. The highest BCUT2D eigenvalue weighted by Gasteiger charge is 2.07. The minimum atomic E-state index is 0.150. The van der Waals surface area contributed by atoms with Crippen molar-refractivity contribution >= 4 is 28.5 Å². The maximum absolute atomic E-state index is 7.73. The number of anilines is 2. The molecule has 1 heterocycles. The van der Waals surface area contributed by atoms with Crippen LogP contribution in [0, 0.1) is 5.41 Å². The van der Waals surface area contributed by atoms with Crippen LogP contribution in [-0.2, 0) is 0 Å². The summed E-state index contributed by atoms with van der Waals surface area (Å²) >= 11 is 0. The van der Waals surface area contributed by atoms with E-state index in [0.717, 1.165) is 39.3 Å². The lowest BCUT2D eigenvalue weighted by atomic mass is 10.0. The molecule has 0 saturated carbocycles. The first-order valence-corrected chi connectivity index (χ1v) is 9.38. The number of hydrogen-bond acceptors (Lipinski definition) is 3. The molecule has 1 aromatic heterocycles. The van der Waals surface area contributed by atoms with Crippen molar-refractivity contribution in [2.75, 3.05) is 5.32 Å². The number of fused-ring (bicyclic) bond motifs is 1. The van der Waals surface area contributed by atoms with Gasteiger partial charge in [-0.3, -0.25) is 0 Å². The molecule has 0 bridgehead atoms. The van der Waals surface area contributed by atoms with Crippen molar-refractivity contribution in [1.29, 1.82) is 5.41 Å². The molecular weight excluding hydrogens is 346 g/mol. The maximum atomic E-state index is 7.73. The van der Waals surface area contributed by atoms with Crippen LogP contribution in [0.15, 0.2) is 72.9 Å². The quantitative estimate of drug-likeness (QED) is 0.346. The van der Waals surface area contributed by atoms with E-state index < -0.39 is 0 Å². The van der Waals surface area contributed by atoms with Crippen molar-refractivity contribution in [2.45, 2.75) is 20.0 Å². The van der Waals surface area contributed by atoms with E-state index in [2.05, 4.69) is 46.7 Å². The number of hydrogen-bond donors (Lipinski definition) is 3. The normalized spacial score (nSPS) is 11.0. The van der Waals surface area contributed by atoms with Crippen molar-refractivity contribution in [3.63, 3.8) is 0 Å². The zero-order valence-corrected chi connectivity index (χ0v) is 16.0. The van der Waals surface area contributed by atoms with Gasteiger partial charge < -0.3 is 20.4 Å². The largest absolute Gasteiger partial charge is 0.491 e. The molecule has 0 amide bonds. The van der Waals surface area contributed by atoms with E-state index in [1.54, 1.807) is 0 Å². The third-order valence-corrected chi connectivity index (χ3v) is 4.60. The lowest BCUT2D eigenvalue weighted by Gasteiger charge is -2.14. The van der Waals surface area contributed by atoms with E-state index in [-0.39, 0.29) is 6.10 Å². The van der Waals surface area contributed by atoms with Crippen LogP contribution in [0.4, 0.5) is 11.4 Å².